The molecule has 0 fully saturated rings. The fourth-order valence-corrected chi connectivity index (χ4v) is 1.77. The van der Waals surface area contributed by atoms with Gasteiger partial charge in [-0.15, -0.1) is 0 Å². The summed E-state index contributed by atoms with van der Waals surface area (Å²) in [6.07, 6.45) is 3.39. The second-order valence-corrected chi connectivity index (χ2v) is 4.32. The molecule has 1 N–H and O–H groups in total. The van der Waals surface area contributed by atoms with Crippen LogP contribution in [0.3, 0.4) is 0 Å². The van der Waals surface area contributed by atoms with Gasteiger partial charge < -0.3 is 5.32 Å². The van der Waals surface area contributed by atoms with Crippen LogP contribution in [0.1, 0.15) is 18.9 Å². The number of nitrogens with one attached hydrogen (secondary N) is 1. The van der Waals surface area contributed by atoms with Crippen LogP contribution in [0.25, 0.3) is 5.70 Å². The van der Waals surface area contributed by atoms with Gasteiger partial charge in [-0.05, 0) is 31.0 Å². The van der Waals surface area contributed by atoms with Gasteiger partial charge in [0, 0.05) is 16.2 Å². The summed E-state index contributed by atoms with van der Waals surface area (Å²) in [5, 5.41) is 3.44. The molecule has 0 amide bonds. The molecule has 2 heteroatoms. The van der Waals surface area contributed by atoms with Crippen molar-refractivity contribution < 1.29 is 0 Å². The van der Waals surface area contributed by atoms with Crippen molar-refractivity contribution >= 4 is 21.6 Å². The fraction of sp³-hybridized carbons (Fsp3) is 0.273. The standard InChI is InChI=1S/C11H12BrN/c1-8-2-7-11(13-8)9-3-5-10(12)6-4-9/h3-8,13H,2H2,1H3. The van der Waals surface area contributed by atoms with Crippen LogP contribution < -0.4 is 5.32 Å². The molecule has 1 aliphatic rings. The second kappa shape index (κ2) is 3.54. The van der Waals surface area contributed by atoms with Gasteiger partial charge in [-0.2, -0.15) is 0 Å². The Morgan fingerprint density at radius 1 is 1.31 bits per heavy atom. The first kappa shape index (κ1) is 8.82. The van der Waals surface area contributed by atoms with E-state index in [0.717, 1.165) is 10.9 Å². The zero-order valence-corrected chi connectivity index (χ0v) is 9.14. The van der Waals surface area contributed by atoms with Crippen LogP contribution in [0, 0.1) is 0 Å². The van der Waals surface area contributed by atoms with E-state index >= 15 is 0 Å². The Kier molecular flexibility index (Phi) is 2.40. The SMILES string of the molecule is CC1CC=C(c2ccc(Br)cc2)N1. The average molecular weight is 238 g/mol. The molecule has 0 saturated heterocycles. The lowest BCUT2D eigenvalue weighted by atomic mass is 10.2. The lowest BCUT2D eigenvalue weighted by Crippen LogP contribution is -2.17. The predicted octanol–water partition coefficient (Wildman–Crippen LogP) is 3.17. The van der Waals surface area contributed by atoms with E-state index in [9.17, 15) is 0 Å². The van der Waals surface area contributed by atoms with Crippen LogP contribution in [0.15, 0.2) is 34.8 Å². The highest BCUT2D eigenvalue weighted by molar-refractivity contribution is 9.10. The summed E-state index contributed by atoms with van der Waals surface area (Å²) in [5.74, 6) is 0. The summed E-state index contributed by atoms with van der Waals surface area (Å²) >= 11 is 3.43. The van der Waals surface area contributed by atoms with Gasteiger partial charge in [0.15, 0.2) is 0 Å². The van der Waals surface area contributed by atoms with Gasteiger partial charge in [0.25, 0.3) is 0 Å². The average Bonchev–Trinajstić information content (AvgIpc) is 2.53. The highest BCUT2D eigenvalue weighted by Gasteiger charge is 2.11. The Labute approximate surface area is 87.0 Å². The summed E-state index contributed by atoms with van der Waals surface area (Å²) in [7, 11) is 0. The summed E-state index contributed by atoms with van der Waals surface area (Å²) in [4.78, 5) is 0. The summed E-state index contributed by atoms with van der Waals surface area (Å²) in [6.45, 7) is 2.20. The van der Waals surface area contributed by atoms with Crippen LogP contribution in [0.4, 0.5) is 0 Å². The quantitative estimate of drug-likeness (QED) is 0.792. The van der Waals surface area contributed by atoms with Gasteiger partial charge in [-0.3, -0.25) is 0 Å². The summed E-state index contributed by atoms with van der Waals surface area (Å²) in [5.41, 5.74) is 2.53. The molecule has 13 heavy (non-hydrogen) atoms. The topological polar surface area (TPSA) is 12.0 Å². The zero-order chi connectivity index (χ0) is 9.26. The van der Waals surface area contributed by atoms with Gasteiger partial charge in [-0.1, -0.05) is 34.1 Å². The second-order valence-electron chi connectivity index (χ2n) is 3.41. The molecular weight excluding hydrogens is 226 g/mol. The van der Waals surface area contributed by atoms with E-state index in [1.807, 2.05) is 0 Å². The van der Waals surface area contributed by atoms with Crippen molar-refractivity contribution in [3.05, 3.63) is 40.4 Å². The van der Waals surface area contributed by atoms with Gasteiger partial charge in [0.2, 0.25) is 0 Å². The molecule has 1 unspecified atom stereocenters. The minimum atomic E-state index is 0.582. The van der Waals surface area contributed by atoms with E-state index in [4.69, 9.17) is 0 Å². The molecule has 1 atom stereocenters. The molecule has 68 valence electrons. The van der Waals surface area contributed by atoms with E-state index in [1.165, 1.54) is 11.3 Å². The lowest BCUT2D eigenvalue weighted by molar-refractivity contribution is 0.698. The third kappa shape index (κ3) is 1.94. The molecule has 0 radical (unpaired) electrons. The first-order valence-corrected chi connectivity index (χ1v) is 5.27. The van der Waals surface area contributed by atoms with E-state index in [2.05, 4.69) is 58.5 Å². The van der Waals surface area contributed by atoms with Gasteiger partial charge in [-0.25, -0.2) is 0 Å². The van der Waals surface area contributed by atoms with Crippen LogP contribution in [0.5, 0.6) is 0 Å². The molecule has 1 nitrogen and oxygen atoms in total. The van der Waals surface area contributed by atoms with Crippen molar-refractivity contribution in [2.24, 2.45) is 0 Å². The first-order valence-electron chi connectivity index (χ1n) is 4.48. The highest BCUT2D eigenvalue weighted by atomic mass is 79.9. The maximum Gasteiger partial charge on any atom is 0.0376 e. The zero-order valence-electron chi connectivity index (χ0n) is 7.55. The largest absolute Gasteiger partial charge is 0.382 e. The summed E-state index contributed by atoms with van der Waals surface area (Å²) in [6, 6.07) is 8.97. The van der Waals surface area contributed by atoms with Crippen molar-refractivity contribution in [2.75, 3.05) is 0 Å². The van der Waals surface area contributed by atoms with E-state index in [0.29, 0.717) is 6.04 Å². The third-order valence-corrected chi connectivity index (χ3v) is 2.76. The van der Waals surface area contributed by atoms with Crippen LogP contribution in [-0.4, -0.2) is 6.04 Å². The number of halogens is 1. The van der Waals surface area contributed by atoms with E-state index < -0.39 is 0 Å². The van der Waals surface area contributed by atoms with Crippen molar-refractivity contribution in [2.45, 2.75) is 19.4 Å². The van der Waals surface area contributed by atoms with Gasteiger partial charge in [0.05, 0.1) is 0 Å². The molecule has 1 aliphatic heterocycles. The number of rotatable bonds is 1. The third-order valence-electron chi connectivity index (χ3n) is 2.23. The Balaban J connectivity index is 2.22. The first-order chi connectivity index (χ1) is 6.25. The summed E-state index contributed by atoms with van der Waals surface area (Å²) < 4.78 is 1.13. The molecule has 1 aromatic carbocycles. The Bertz CT molecular complexity index is 326. The number of benzene rings is 1. The normalized spacial score (nSPS) is 21.1. The molecule has 2 rings (SSSR count). The lowest BCUT2D eigenvalue weighted by Gasteiger charge is -2.08. The minimum Gasteiger partial charge on any atom is -0.382 e. The van der Waals surface area contributed by atoms with Gasteiger partial charge >= 0.3 is 0 Å². The molecule has 0 saturated carbocycles. The Morgan fingerprint density at radius 3 is 2.54 bits per heavy atom. The number of hydrogen-bond donors (Lipinski definition) is 1. The van der Waals surface area contributed by atoms with Gasteiger partial charge in [0.1, 0.15) is 0 Å². The van der Waals surface area contributed by atoms with Crippen LogP contribution in [0.2, 0.25) is 0 Å². The Hall–Kier alpha value is -0.760. The Morgan fingerprint density at radius 2 is 2.00 bits per heavy atom. The van der Waals surface area contributed by atoms with Crippen LogP contribution in [-0.2, 0) is 0 Å². The molecule has 1 heterocycles. The molecular formula is C11H12BrN. The smallest absolute Gasteiger partial charge is 0.0376 e. The molecule has 0 bridgehead atoms. The highest BCUT2D eigenvalue weighted by Crippen LogP contribution is 2.21. The maximum atomic E-state index is 3.44. The van der Waals surface area contributed by atoms with E-state index in [-0.39, 0.29) is 0 Å². The molecule has 0 aliphatic carbocycles. The van der Waals surface area contributed by atoms with Crippen LogP contribution >= 0.6 is 15.9 Å². The molecule has 0 aromatic heterocycles. The predicted molar refractivity (Wildman–Crippen MR) is 59.3 cm³/mol. The molecule has 0 spiro atoms. The molecule has 1 aromatic rings. The maximum absolute atomic E-state index is 3.44. The van der Waals surface area contributed by atoms with Crippen molar-refractivity contribution in [1.29, 1.82) is 0 Å². The number of hydrogen-bond acceptors (Lipinski definition) is 1. The van der Waals surface area contributed by atoms with Crippen molar-refractivity contribution in [3.8, 4) is 0 Å². The minimum absolute atomic E-state index is 0.582. The monoisotopic (exact) mass is 237 g/mol. The van der Waals surface area contributed by atoms with Crippen molar-refractivity contribution in [1.82, 2.24) is 5.32 Å². The van der Waals surface area contributed by atoms with E-state index in [1.54, 1.807) is 0 Å². The fourth-order valence-electron chi connectivity index (χ4n) is 1.51. The van der Waals surface area contributed by atoms with Crippen molar-refractivity contribution in [3.63, 3.8) is 0 Å².